The van der Waals surface area contributed by atoms with Crippen LogP contribution >= 0.6 is 11.6 Å². The number of H-pyrrole nitrogens is 1. The second kappa shape index (κ2) is 6.57. The Labute approximate surface area is 152 Å². The van der Waals surface area contributed by atoms with E-state index in [4.69, 9.17) is 11.6 Å². The molecule has 1 saturated heterocycles. The summed E-state index contributed by atoms with van der Waals surface area (Å²) in [6, 6.07) is 16.1. The fraction of sp³-hybridized carbons (Fsp3) is 0.286. The minimum Gasteiger partial charge on any atom is -0.364 e. The summed E-state index contributed by atoms with van der Waals surface area (Å²) in [5.74, 6) is 0. The molecule has 4 rings (SSSR count). The molecular formula is C21H21ClN2O. The molecule has 128 valence electrons. The molecule has 0 unspecified atom stereocenters. The molecule has 0 bridgehead atoms. The van der Waals surface area contributed by atoms with Gasteiger partial charge in [0.05, 0.1) is 0 Å². The van der Waals surface area contributed by atoms with Crippen LogP contribution in [0.2, 0.25) is 5.02 Å². The predicted octanol–water partition coefficient (Wildman–Crippen LogP) is 5.23. The van der Waals surface area contributed by atoms with Gasteiger partial charge in [-0.25, -0.2) is 0 Å². The van der Waals surface area contributed by atoms with E-state index in [1.54, 1.807) is 0 Å². The number of nitrogens with one attached hydrogen (secondary N) is 1. The molecule has 1 aromatic heterocycles. The van der Waals surface area contributed by atoms with Gasteiger partial charge in [-0.15, -0.1) is 0 Å². The number of benzene rings is 2. The largest absolute Gasteiger partial charge is 0.364 e. The van der Waals surface area contributed by atoms with Gasteiger partial charge < -0.3 is 9.88 Å². The third-order valence-electron chi connectivity index (χ3n) is 5.10. The molecule has 1 aliphatic heterocycles. The Morgan fingerprint density at radius 2 is 1.92 bits per heavy atom. The fourth-order valence-electron chi connectivity index (χ4n) is 3.86. The van der Waals surface area contributed by atoms with Crippen molar-refractivity contribution in [3.8, 4) is 11.1 Å². The molecule has 2 heterocycles. The van der Waals surface area contributed by atoms with Crippen LogP contribution in [0.4, 0.5) is 5.69 Å². The van der Waals surface area contributed by atoms with Crippen molar-refractivity contribution in [2.75, 3.05) is 11.4 Å². The lowest BCUT2D eigenvalue weighted by molar-refractivity contribution is 0.484. The smallest absolute Gasteiger partial charge is 0.272 e. The zero-order chi connectivity index (χ0) is 17.4. The van der Waals surface area contributed by atoms with Gasteiger partial charge in [0.2, 0.25) is 0 Å². The SMILES string of the molecule is C[C@@H]1CCCCN1c1c(-c2ccccc2)c2cc(Cl)ccc2[nH]c1=O. The summed E-state index contributed by atoms with van der Waals surface area (Å²) < 4.78 is 0. The van der Waals surface area contributed by atoms with Crippen molar-refractivity contribution in [2.45, 2.75) is 32.2 Å². The van der Waals surface area contributed by atoms with Gasteiger partial charge in [0, 0.05) is 34.1 Å². The highest BCUT2D eigenvalue weighted by Gasteiger charge is 2.25. The third kappa shape index (κ3) is 2.93. The molecule has 1 fully saturated rings. The number of aromatic amines is 1. The number of rotatable bonds is 2. The van der Waals surface area contributed by atoms with E-state index < -0.39 is 0 Å². The Balaban J connectivity index is 2.07. The van der Waals surface area contributed by atoms with Crippen molar-refractivity contribution in [2.24, 2.45) is 0 Å². The van der Waals surface area contributed by atoms with Crippen LogP contribution < -0.4 is 10.5 Å². The van der Waals surface area contributed by atoms with E-state index in [1.165, 1.54) is 6.42 Å². The van der Waals surface area contributed by atoms with Crippen LogP contribution in [0.1, 0.15) is 26.2 Å². The van der Waals surface area contributed by atoms with Crippen LogP contribution in [0.3, 0.4) is 0 Å². The van der Waals surface area contributed by atoms with E-state index in [-0.39, 0.29) is 5.56 Å². The second-order valence-corrected chi connectivity index (χ2v) is 7.21. The highest BCUT2D eigenvalue weighted by Crippen LogP contribution is 2.37. The first-order valence-electron chi connectivity index (χ1n) is 8.83. The quantitative estimate of drug-likeness (QED) is 0.685. The van der Waals surface area contributed by atoms with Crippen LogP contribution in [0.5, 0.6) is 0 Å². The molecule has 1 atom stereocenters. The molecular weight excluding hydrogens is 332 g/mol. The van der Waals surface area contributed by atoms with Crippen LogP contribution in [-0.2, 0) is 0 Å². The minimum atomic E-state index is -0.0255. The lowest BCUT2D eigenvalue weighted by atomic mass is 9.96. The van der Waals surface area contributed by atoms with E-state index in [1.807, 2.05) is 36.4 Å². The van der Waals surface area contributed by atoms with Crippen LogP contribution in [0, 0.1) is 0 Å². The molecule has 0 amide bonds. The number of hydrogen-bond acceptors (Lipinski definition) is 2. The fourth-order valence-corrected chi connectivity index (χ4v) is 4.03. The molecule has 25 heavy (non-hydrogen) atoms. The van der Waals surface area contributed by atoms with Gasteiger partial charge in [-0.05, 0) is 49.9 Å². The van der Waals surface area contributed by atoms with Crippen molar-refractivity contribution < 1.29 is 0 Å². The molecule has 4 heteroatoms. The topological polar surface area (TPSA) is 36.1 Å². The van der Waals surface area contributed by atoms with Crippen molar-refractivity contribution in [3.05, 3.63) is 63.9 Å². The highest BCUT2D eigenvalue weighted by molar-refractivity contribution is 6.31. The van der Waals surface area contributed by atoms with E-state index >= 15 is 0 Å². The first-order valence-corrected chi connectivity index (χ1v) is 9.20. The third-order valence-corrected chi connectivity index (χ3v) is 5.34. The number of piperidine rings is 1. The number of anilines is 1. The molecule has 3 aromatic rings. The lowest BCUT2D eigenvalue weighted by Gasteiger charge is -2.36. The first kappa shape index (κ1) is 16.2. The van der Waals surface area contributed by atoms with Gasteiger partial charge in [-0.3, -0.25) is 4.79 Å². The van der Waals surface area contributed by atoms with E-state index in [9.17, 15) is 4.79 Å². The molecule has 0 aliphatic carbocycles. The van der Waals surface area contributed by atoms with E-state index in [2.05, 4.69) is 28.9 Å². The zero-order valence-electron chi connectivity index (χ0n) is 14.3. The number of hydrogen-bond donors (Lipinski definition) is 1. The Kier molecular flexibility index (Phi) is 4.26. The van der Waals surface area contributed by atoms with Crippen LogP contribution in [0.15, 0.2) is 53.3 Å². The number of nitrogens with zero attached hydrogens (tertiary/aromatic N) is 1. The maximum Gasteiger partial charge on any atom is 0.272 e. The van der Waals surface area contributed by atoms with Crippen molar-refractivity contribution in [1.29, 1.82) is 0 Å². The zero-order valence-corrected chi connectivity index (χ0v) is 15.0. The number of aromatic nitrogens is 1. The molecule has 3 nitrogen and oxygen atoms in total. The Bertz CT molecular complexity index is 965. The van der Waals surface area contributed by atoms with Gasteiger partial charge >= 0.3 is 0 Å². The summed E-state index contributed by atoms with van der Waals surface area (Å²) in [5.41, 5.74) is 3.60. The number of halogens is 1. The van der Waals surface area contributed by atoms with E-state index in [0.29, 0.717) is 11.1 Å². The summed E-state index contributed by atoms with van der Waals surface area (Å²) in [7, 11) is 0. The highest BCUT2D eigenvalue weighted by atomic mass is 35.5. The summed E-state index contributed by atoms with van der Waals surface area (Å²) in [6.45, 7) is 3.12. The maximum absolute atomic E-state index is 13.0. The molecule has 2 aromatic carbocycles. The lowest BCUT2D eigenvalue weighted by Crippen LogP contribution is -2.41. The minimum absolute atomic E-state index is 0.0255. The standard InChI is InChI=1S/C21H21ClN2O/c1-14-7-5-6-12-24(14)20-19(15-8-3-2-4-9-15)17-13-16(22)10-11-18(17)23-21(20)25/h2-4,8-11,13-14H,5-7,12H2,1H3,(H,23,25)/t14-/m1/s1. The van der Waals surface area contributed by atoms with Gasteiger partial charge in [0.1, 0.15) is 5.69 Å². The normalized spacial score (nSPS) is 17.8. The Morgan fingerprint density at radius 1 is 1.12 bits per heavy atom. The van der Waals surface area contributed by atoms with Gasteiger partial charge in [0.25, 0.3) is 5.56 Å². The van der Waals surface area contributed by atoms with Gasteiger partial charge in [-0.1, -0.05) is 41.9 Å². The number of fused-ring (bicyclic) bond motifs is 1. The molecule has 0 saturated carbocycles. The molecule has 1 N–H and O–H groups in total. The van der Waals surface area contributed by atoms with Crippen molar-refractivity contribution >= 4 is 28.2 Å². The Hall–Kier alpha value is -2.26. The first-order chi connectivity index (χ1) is 12.1. The van der Waals surface area contributed by atoms with Gasteiger partial charge in [0.15, 0.2) is 0 Å². The predicted molar refractivity (Wildman–Crippen MR) is 106 cm³/mol. The average molecular weight is 353 g/mol. The Morgan fingerprint density at radius 3 is 2.68 bits per heavy atom. The maximum atomic E-state index is 13.0. The van der Waals surface area contributed by atoms with Crippen molar-refractivity contribution in [1.82, 2.24) is 4.98 Å². The summed E-state index contributed by atoms with van der Waals surface area (Å²) in [5, 5.41) is 1.67. The van der Waals surface area contributed by atoms with Gasteiger partial charge in [-0.2, -0.15) is 0 Å². The second-order valence-electron chi connectivity index (χ2n) is 6.77. The van der Waals surface area contributed by atoms with E-state index in [0.717, 1.165) is 47.1 Å². The average Bonchev–Trinajstić information content (AvgIpc) is 2.62. The molecule has 0 radical (unpaired) electrons. The van der Waals surface area contributed by atoms with Crippen LogP contribution in [0.25, 0.3) is 22.0 Å². The van der Waals surface area contributed by atoms with Crippen LogP contribution in [-0.4, -0.2) is 17.6 Å². The molecule has 0 spiro atoms. The summed E-state index contributed by atoms with van der Waals surface area (Å²) in [4.78, 5) is 18.4. The molecule has 1 aliphatic rings. The van der Waals surface area contributed by atoms with Crippen molar-refractivity contribution in [3.63, 3.8) is 0 Å². The summed E-state index contributed by atoms with van der Waals surface area (Å²) >= 11 is 6.28. The summed E-state index contributed by atoms with van der Waals surface area (Å²) in [6.07, 6.45) is 3.45. The number of pyridine rings is 1. The monoisotopic (exact) mass is 352 g/mol.